The number of aliphatic hydroxyl groups is 1. The maximum Gasteiger partial charge on any atom is 0.472 e. The van der Waals surface area contributed by atoms with Crippen molar-refractivity contribution < 1.29 is 80.2 Å². The molecule has 0 aromatic carbocycles. The van der Waals surface area contributed by atoms with Gasteiger partial charge >= 0.3 is 39.5 Å². The van der Waals surface area contributed by atoms with Gasteiger partial charge in [-0.25, -0.2) is 9.13 Å². The third kappa shape index (κ3) is 60.1. The zero-order chi connectivity index (χ0) is 64.5. The molecule has 0 aliphatic carbocycles. The highest BCUT2D eigenvalue weighted by atomic mass is 31.2. The molecule has 0 aliphatic rings. The number of esters is 4. The van der Waals surface area contributed by atoms with E-state index < -0.39 is 97.5 Å². The molecule has 0 amide bonds. The predicted octanol–water partition coefficient (Wildman–Crippen LogP) is 19.1. The highest BCUT2D eigenvalue weighted by Crippen LogP contribution is 2.45. The molecular formula is C68H132O17P2. The molecule has 0 saturated carbocycles. The van der Waals surface area contributed by atoms with Gasteiger partial charge < -0.3 is 33.8 Å². The average molecular weight is 1280 g/mol. The normalized spacial score (nSPS) is 14.9. The van der Waals surface area contributed by atoms with Crippen LogP contribution in [0.5, 0.6) is 0 Å². The van der Waals surface area contributed by atoms with Crippen LogP contribution in [0.3, 0.4) is 0 Å². The highest BCUT2D eigenvalue weighted by Gasteiger charge is 2.30. The van der Waals surface area contributed by atoms with Crippen LogP contribution in [0.1, 0.15) is 337 Å². The van der Waals surface area contributed by atoms with Crippen molar-refractivity contribution >= 4 is 39.5 Å². The Balaban J connectivity index is 5.17. The Morgan fingerprint density at radius 3 is 0.874 bits per heavy atom. The van der Waals surface area contributed by atoms with Crippen LogP contribution in [0.15, 0.2) is 0 Å². The van der Waals surface area contributed by atoms with Crippen molar-refractivity contribution in [1.82, 2.24) is 0 Å². The predicted molar refractivity (Wildman–Crippen MR) is 349 cm³/mol. The fourth-order valence-corrected chi connectivity index (χ4v) is 11.7. The first-order chi connectivity index (χ1) is 41.8. The van der Waals surface area contributed by atoms with Crippen LogP contribution in [0, 0.1) is 17.8 Å². The fourth-order valence-electron chi connectivity index (χ4n) is 10.1. The lowest BCUT2D eigenvalue weighted by atomic mass is 9.99. The Labute approximate surface area is 530 Å². The molecule has 7 atom stereocenters. The van der Waals surface area contributed by atoms with E-state index >= 15 is 0 Å². The van der Waals surface area contributed by atoms with Crippen molar-refractivity contribution in [1.29, 1.82) is 0 Å². The maximum atomic E-state index is 13.0. The summed E-state index contributed by atoms with van der Waals surface area (Å²) in [5.41, 5.74) is 0. The largest absolute Gasteiger partial charge is 0.472 e. The van der Waals surface area contributed by atoms with E-state index in [2.05, 4.69) is 48.5 Å². The van der Waals surface area contributed by atoms with Crippen molar-refractivity contribution in [2.24, 2.45) is 17.8 Å². The molecule has 0 rings (SSSR count). The van der Waals surface area contributed by atoms with Gasteiger partial charge in [0.2, 0.25) is 0 Å². The van der Waals surface area contributed by atoms with E-state index in [1.807, 2.05) is 0 Å². The number of aliphatic hydroxyl groups excluding tert-OH is 1. The first-order valence-electron chi connectivity index (χ1n) is 35.4. The van der Waals surface area contributed by atoms with Crippen molar-refractivity contribution in [2.45, 2.75) is 356 Å². The van der Waals surface area contributed by atoms with Crippen molar-refractivity contribution in [3.05, 3.63) is 0 Å². The zero-order valence-electron chi connectivity index (χ0n) is 56.5. The van der Waals surface area contributed by atoms with Gasteiger partial charge in [-0.2, -0.15) is 0 Å². The quantitative estimate of drug-likeness (QED) is 0.0222. The van der Waals surface area contributed by atoms with E-state index in [9.17, 15) is 43.2 Å². The van der Waals surface area contributed by atoms with E-state index in [-0.39, 0.29) is 25.7 Å². The van der Waals surface area contributed by atoms with Crippen LogP contribution in [0.25, 0.3) is 0 Å². The molecule has 0 bridgehead atoms. The summed E-state index contributed by atoms with van der Waals surface area (Å²) in [6.45, 7) is 11.7. The molecule has 0 heterocycles. The monoisotopic (exact) mass is 1280 g/mol. The van der Waals surface area contributed by atoms with Crippen LogP contribution in [-0.2, 0) is 65.4 Å². The molecule has 0 aromatic rings. The number of carbonyl (C=O) groups is 4. The van der Waals surface area contributed by atoms with Crippen molar-refractivity contribution in [3.63, 3.8) is 0 Å². The molecule has 0 saturated heterocycles. The fraction of sp³-hybridized carbons (Fsp3) is 0.941. The zero-order valence-corrected chi connectivity index (χ0v) is 58.3. The van der Waals surface area contributed by atoms with Crippen molar-refractivity contribution in [3.8, 4) is 0 Å². The number of ether oxygens (including phenoxy) is 4. The number of rotatable bonds is 66. The van der Waals surface area contributed by atoms with Crippen molar-refractivity contribution in [2.75, 3.05) is 39.6 Å². The Kier molecular flexibility index (Phi) is 57.8. The molecule has 0 fully saturated rings. The minimum absolute atomic E-state index is 0.102. The molecule has 0 spiro atoms. The lowest BCUT2D eigenvalue weighted by Gasteiger charge is -2.21. The lowest BCUT2D eigenvalue weighted by molar-refractivity contribution is -0.161. The summed E-state index contributed by atoms with van der Waals surface area (Å²) < 4.78 is 68.0. The second-order valence-corrected chi connectivity index (χ2v) is 28.4. The lowest BCUT2D eigenvalue weighted by Crippen LogP contribution is -2.30. The summed E-state index contributed by atoms with van der Waals surface area (Å²) in [6.07, 6.45) is 42.1. The number of unbranched alkanes of at least 4 members (excludes halogenated alkanes) is 32. The van der Waals surface area contributed by atoms with Gasteiger partial charge in [0.1, 0.15) is 19.3 Å². The SMILES string of the molecule is CCCCCCCC(=O)OC[C@H](COP(=O)(O)OC[C@H](O)COP(=O)(O)OC[C@@H](COC(=O)CCCCCCCCCCCCCC(C)C)OC(=O)CCCCCCCCCCCCCCCCC(C)CC)OC(=O)CCCCCCCCC(C)CC. The molecule has 17 nitrogen and oxygen atoms in total. The Bertz CT molecular complexity index is 1720. The summed E-state index contributed by atoms with van der Waals surface area (Å²) in [5, 5.41) is 10.5. The van der Waals surface area contributed by atoms with Crippen LogP contribution in [0.2, 0.25) is 0 Å². The Morgan fingerprint density at radius 2 is 0.586 bits per heavy atom. The van der Waals surface area contributed by atoms with E-state index in [1.165, 1.54) is 141 Å². The second-order valence-electron chi connectivity index (χ2n) is 25.5. The molecule has 19 heteroatoms. The highest BCUT2D eigenvalue weighted by molar-refractivity contribution is 7.47. The second kappa shape index (κ2) is 59.1. The van der Waals surface area contributed by atoms with Gasteiger partial charge in [-0.1, -0.05) is 286 Å². The summed E-state index contributed by atoms with van der Waals surface area (Å²) >= 11 is 0. The minimum atomic E-state index is -4.95. The first kappa shape index (κ1) is 85.1. The summed E-state index contributed by atoms with van der Waals surface area (Å²) in [5.74, 6) is 0.195. The smallest absolute Gasteiger partial charge is 0.462 e. The van der Waals surface area contributed by atoms with Gasteiger partial charge in [-0.15, -0.1) is 0 Å². The van der Waals surface area contributed by atoms with Gasteiger partial charge in [0.05, 0.1) is 26.4 Å². The molecule has 0 radical (unpaired) electrons. The Hall–Kier alpha value is -1.94. The van der Waals surface area contributed by atoms with Crippen LogP contribution in [0.4, 0.5) is 0 Å². The number of phosphoric acid groups is 2. The number of hydrogen-bond acceptors (Lipinski definition) is 15. The summed E-state index contributed by atoms with van der Waals surface area (Å²) in [7, 11) is -9.89. The minimum Gasteiger partial charge on any atom is -0.462 e. The van der Waals surface area contributed by atoms with Crippen LogP contribution >= 0.6 is 15.6 Å². The molecule has 87 heavy (non-hydrogen) atoms. The van der Waals surface area contributed by atoms with Gasteiger partial charge in [0.15, 0.2) is 12.2 Å². The van der Waals surface area contributed by atoms with Gasteiger partial charge in [-0.3, -0.25) is 37.3 Å². The first-order valence-corrected chi connectivity index (χ1v) is 38.4. The average Bonchev–Trinajstić information content (AvgIpc) is 3.70. The van der Waals surface area contributed by atoms with E-state index in [4.69, 9.17) is 37.0 Å². The summed E-state index contributed by atoms with van der Waals surface area (Å²) in [6, 6.07) is 0. The molecule has 0 aliphatic heterocycles. The molecule has 0 aromatic heterocycles. The molecule has 4 unspecified atom stereocenters. The molecule has 516 valence electrons. The number of hydrogen-bond donors (Lipinski definition) is 3. The van der Waals surface area contributed by atoms with E-state index in [0.29, 0.717) is 25.7 Å². The topological polar surface area (TPSA) is 237 Å². The van der Waals surface area contributed by atoms with Gasteiger partial charge in [0.25, 0.3) is 0 Å². The molecule has 3 N–H and O–H groups in total. The standard InChI is InChI=1S/C68H132O17P2/c1-8-11-12-32-42-49-65(70)78-55-63(85-68(73)52-45-38-31-30-35-41-48-61(7)10-3)57-82-86(74,75)80-53-62(69)54-81-87(76,77)83-58-64(56-79-66(71)50-43-36-28-24-21-17-18-22-26-33-39-46-59(4)5)84-67(72)51-44-37-29-25-20-16-14-13-15-19-23-27-34-40-47-60(6)9-2/h59-64,69H,8-58H2,1-7H3,(H,74,75)(H,76,77)/t60?,61?,62-,63+,64+/m0/s1. The van der Waals surface area contributed by atoms with Crippen LogP contribution < -0.4 is 0 Å². The third-order valence-electron chi connectivity index (χ3n) is 16.4. The number of phosphoric ester groups is 2. The Morgan fingerprint density at radius 1 is 0.333 bits per heavy atom. The van der Waals surface area contributed by atoms with Gasteiger partial charge in [0, 0.05) is 25.7 Å². The van der Waals surface area contributed by atoms with Gasteiger partial charge in [-0.05, 0) is 43.4 Å². The maximum absolute atomic E-state index is 13.0. The third-order valence-corrected chi connectivity index (χ3v) is 18.3. The molecular weight excluding hydrogens is 1150 g/mol. The number of carbonyl (C=O) groups excluding carboxylic acids is 4. The van der Waals surface area contributed by atoms with E-state index in [0.717, 1.165) is 114 Å². The van der Waals surface area contributed by atoms with E-state index in [1.54, 1.807) is 0 Å². The summed E-state index contributed by atoms with van der Waals surface area (Å²) in [4.78, 5) is 72.2. The van der Waals surface area contributed by atoms with Crippen LogP contribution in [-0.4, -0.2) is 96.7 Å².